The third-order valence-corrected chi connectivity index (χ3v) is 3.99. The Morgan fingerprint density at radius 2 is 1.79 bits per heavy atom. The number of rotatable bonds is 8. The maximum atomic E-state index is 12.6. The Labute approximate surface area is 145 Å². The summed E-state index contributed by atoms with van der Waals surface area (Å²) in [4.78, 5) is 16.4. The molecule has 0 aliphatic rings. The second-order valence-corrected chi connectivity index (χ2v) is 6.27. The Morgan fingerprint density at radius 3 is 2.25 bits per heavy atom. The van der Waals surface area contributed by atoms with Gasteiger partial charge in [-0.2, -0.15) is 10.5 Å². The van der Waals surface area contributed by atoms with Gasteiger partial charge in [-0.05, 0) is 45.4 Å². The van der Waals surface area contributed by atoms with E-state index < -0.39 is 0 Å². The summed E-state index contributed by atoms with van der Waals surface area (Å²) in [6.07, 6.45) is 0. The lowest BCUT2D eigenvalue weighted by Crippen LogP contribution is -2.44. The standard InChI is InChI=1S/C19H26N4O/c1-5-22(12-16(4)10-20)19(24)14-23(15(2)3)13-18-8-6-17(11-21)7-9-18/h6-9,15-16H,5,12-14H2,1-4H3. The summed E-state index contributed by atoms with van der Waals surface area (Å²) in [7, 11) is 0. The fraction of sp³-hybridized carbons (Fsp3) is 0.526. The van der Waals surface area contributed by atoms with Gasteiger partial charge in [-0.1, -0.05) is 12.1 Å². The number of benzene rings is 1. The van der Waals surface area contributed by atoms with Crippen LogP contribution in [0.5, 0.6) is 0 Å². The first-order chi connectivity index (χ1) is 11.4. The van der Waals surface area contributed by atoms with Crippen LogP contribution in [-0.4, -0.2) is 41.4 Å². The van der Waals surface area contributed by atoms with Crippen molar-refractivity contribution < 1.29 is 4.79 Å². The molecule has 0 aliphatic heterocycles. The average Bonchev–Trinajstić information content (AvgIpc) is 2.59. The molecular weight excluding hydrogens is 300 g/mol. The Morgan fingerprint density at radius 1 is 1.17 bits per heavy atom. The third kappa shape index (κ3) is 6.02. The van der Waals surface area contributed by atoms with E-state index in [9.17, 15) is 4.79 Å². The minimum atomic E-state index is -0.167. The minimum absolute atomic E-state index is 0.0435. The molecule has 0 bridgehead atoms. The molecule has 24 heavy (non-hydrogen) atoms. The number of amides is 1. The van der Waals surface area contributed by atoms with Gasteiger partial charge in [0.25, 0.3) is 0 Å². The first kappa shape index (κ1) is 19.7. The van der Waals surface area contributed by atoms with E-state index >= 15 is 0 Å². The molecule has 0 spiro atoms. The lowest BCUT2D eigenvalue weighted by molar-refractivity contribution is -0.133. The largest absolute Gasteiger partial charge is 0.341 e. The Bertz CT molecular complexity index is 610. The molecule has 1 aromatic carbocycles. The lowest BCUT2D eigenvalue weighted by atomic mass is 10.1. The summed E-state index contributed by atoms with van der Waals surface area (Å²) in [5, 5.41) is 17.8. The number of carbonyl (C=O) groups excluding carboxylic acids is 1. The number of likely N-dealkylation sites (N-methyl/N-ethyl adjacent to an activating group) is 1. The molecule has 1 rings (SSSR count). The summed E-state index contributed by atoms with van der Waals surface area (Å²) in [5.74, 6) is -0.123. The molecule has 0 saturated heterocycles. The maximum Gasteiger partial charge on any atom is 0.236 e. The minimum Gasteiger partial charge on any atom is -0.341 e. The molecular formula is C19H26N4O. The van der Waals surface area contributed by atoms with E-state index in [2.05, 4.69) is 30.9 Å². The monoisotopic (exact) mass is 326 g/mol. The van der Waals surface area contributed by atoms with Gasteiger partial charge >= 0.3 is 0 Å². The summed E-state index contributed by atoms with van der Waals surface area (Å²) < 4.78 is 0. The number of nitrogens with zero attached hydrogens (tertiary/aromatic N) is 4. The number of hydrogen-bond donors (Lipinski definition) is 0. The van der Waals surface area contributed by atoms with E-state index in [0.29, 0.717) is 31.7 Å². The zero-order valence-electron chi connectivity index (χ0n) is 15.0. The van der Waals surface area contributed by atoms with Crippen molar-refractivity contribution in [1.82, 2.24) is 9.80 Å². The summed E-state index contributed by atoms with van der Waals surface area (Å²) in [6, 6.07) is 11.9. The van der Waals surface area contributed by atoms with Crippen molar-refractivity contribution in [2.75, 3.05) is 19.6 Å². The van der Waals surface area contributed by atoms with Gasteiger partial charge in [0.05, 0.1) is 30.2 Å². The van der Waals surface area contributed by atoms with Crippen LogP contribution in [0, 0.1) is 28.6 Å². The van der Waals surface area contributed by atoms with Crippen molar-refractivity contribution in [3.8, 4) is 12.1 Å². The van der Waals surface area contributed by atoms with Gasteiger partial charge in [0.15, 0.2) is 0 Å². The van der Waals surface area contributed by atoms with Crippen molar-refractivity contribution in [3.05, 3.63) is 35.4 Å². The summed E-state index contributed by atoms with van der Waals surface area (Å²) in [5.41, 5.74) is 1.71. The highest BCUT2D eigenvalue weighted by Crippen LogP contribution is 2.11. The highest BCUT2D eigenvalue weighted by molar-refractivity contribution is 5.78. The smallest absolute Gasteiger partial charge is 0.236 e. The number of carbonyl (C=O) groups is 1. The van der Waals surface area contributed by atoms with E-state index in [0.717, 1.165) is 5.56 Å². The molecule has 0 saturated carbocycles. The SMILES string of the molecule is CCN(CC(C)C#N)C(=O)CN(Cc1ccc(C#N)cc1)C(C)C. The van der Waals surface area contributed by atoms with Crippen molar-refractivity contribution in [2.45, 2.75) is 40.3 Å². The molecule has 1 amide bonds. The van der Waals surface area contributed by atoms with Crippen LogP contribution in [0.4, 0.5) is 0 Å². The topological polar surface area (TPSA) is 71.1 Å². The summed E-state index contributed by atoms with van der Waals surface area (Å²) >= 11 is 0. The van der Waals surface area contributed by atoms with Gasteiger partial charge in [-0.25, -0.2) is 0 Å². The predicted octanol–water partition coefficient (Wildman–Crippen LogP) is 2.78. The van der Waals surface area contributed by atoms with Crippen LogP contribution >= 0.6 is 0 Å². The second-order valence-electron chi connectivity index (χ2n) is 6.27. The first-order valence-corrected chi connectivity index (χ1v) is 8.31. The average molecular weight is 326 g/mol. The Kier molecular flexibility index (Phi) is 7.95. The van der Waals surface area contributed by atoms with E-state index in [4.69, 9.17) is 10.5 Å². The fourth-order valence-corrected chi connectivity index (χ4v) is 2.39. The zero-order chi connectivity index (χ0) is 18.1. The molecule has 1 unspecified atom stereocenters. The quantitative estimate of drug-likeness (QED) is 0.736. The van der Waals surface area contributed by atoms with Crippen LogP contribution in [0.15, 0.2) is 24.3 Å². The zero-order valence-corrected chi connectivity index (χ0v) is 15.0. The van der Waals surface area contributed by atoms with Gasteiger partial charge in [-0.3, -0.25) is 9.69 Å². The van der Waals surface area contributed by atoms with Gasteiger partial charge < -0.3 is 4.90 Å². The van der Waals surface area contributed by atoms with Crippen LogP contribution in [0.3, 0.4) is 0 Å². The highest BCUT2D eigenvalue weighted by Gasteiger charge is 2.20. The Balaban J connectivity index is 2.75. The van der Waals surface area contributed by atoms with Crippen molar-refractivity contribution in [2.24, 2.45) is 5.92 Å². The van der Waals surface area contributed by atoms with Crippen LogP contribution < -0.4 is 0 Å². The van der Waals surface area contributed by atoms with Crippen LogP contribution in [0.1, 0.15) is 38.8 Å². The molecule has 0 N–H and O–H groups in total. The van der Waals surface area contributed by atoms with Gasteiger partial charge in [-0.15, -0.1) is 0 Å². The van der Waals surface area contributed by atoms with E-state index in [1.807, 2.05) is 26.0 Å². The molecule has 0 aromatic heterocycles. The van der Waals surface area contributed by atoms with Crippen molar-refractivity contribution >= 4 is 5.91 Å². The number of hydrogen-bond acceptors (Lipinski definition) is 4. The first-order valence-electron chi connectivity index (χ1n) is 8.31. The van der Waals surface area contributed by atoms with Crippen LogP contribution in [0.25, 0.3) is 0 Å². The molecule has 0 radical (unpaired) electrons. The van der Waals surface area contributed by atoms with Crippen molar-refractivity contribution in [1.29, 1.82) is 10.5 Å². The van der Waals surface area contributed by atoms with Crippen LogP contribution in [-0.2, 0) is 11.3 Å². The van der Waals surface area contributed by atoms with E-state index in [1.54, 1.807) is 17.0 Å². The molecule has 0 aliphatic carbocycles. The molecule has 5 heteroatoms. The van der Waals surface area contributed by atoms with Gasteiger partial charge in [0, 0.05) is 25.7 Å². The van der Waals surface area contributed by atoms with E-state index in [1.165, 1.54) is 0 Å². The molecule has 128 valence electrons. The third-order valence-electron chi connectivity index (χ3n) is 3.99. The lowest BCUT2D eigenvalue weighted by Gasteiger charge is -2.30. The van der Waals surface area contributed by atoms with Gasteiger partial charge in [0.2, 0.25) is 5.91 Å². The number of nitriles is 2. The highest BCUT2D eigenvalue weighted by atomic mass is 16.2. The predicted molar refractivity (Wildman–Crippen MR) is 93.7 cm³/mol. The fourth-order valence-electron chi connectivity index (χ4n) is 2.39. The second kappa shape index (κ2) is 9.70. The molecule has 5 nitrogen and oxygen atoms in total. The Hall–Kier alpha value is -2.37. The molecule has 0 fully saturated rings. The van der Waals surface area contributed by atoms with E-state index in [-0.39, 0.29) is 17.9 Å². The van der Waals surface area contributed by atoms with Gasteiger partial charge in [0.1, 0.15) is 0 Å². The van der Waals surface area contributed by atoms with Crippen molar-refractivity contribution in [3.63, 3.8) is 0 Å². The summed E-state index contributed by atoms with van der Waals surface area (Å²) in [6.45, 7) is 9.93. The normalized spacial score (nSPS) is 11.8. The maximum absolute atomic E-state index is 12.6. The van der Waals surface area contributed by atoms with Crippen LogP contribution in [0.2, 0.25) is 0 Å². The molecule has 0 heterocycles. The molecule has 1 atom stereocenters. The molecule has 1 aromatic rings.